The van der Waals surface area contributed by atoms with Crippen molar-refractivity contribution in [3.63, 3.8) is 0 Å². The Hall–Kier alpha value is -0.320. The van der Waals surface area contributed by atoms with Gasteiger partial charge < -0.3 is 37.9 Å². The third kappa shape index (κ3) is 44.3. The summed E-state index contributed by atoms with van der Waals surface area (Å²) in [6, 6.07) is 0. The summed E-state index contributed by atoms with van der Waals surface area (Å²) in [6.45, 7) is 36.5. The Morgan fingerprint density at radius 2 is 0.707 bits per heavy atom. The minimum Gasteiger partial charge on any atom is -0.379 e. The SMILES string of the molecule is CC.CC.CC.CC.CC.CC1CCCO1.CC1CCCO1.CC1COCO1.CC1OCCCO1.CC1OCCO1. The van der Waals surface area contributed by atoms with E-state index in [4.69, 9.17) is 37.9 Å². The van der Waals surface area contributed by atoms with Gasteiger partial charge in [0.2, 0.25) is 0 Å². The largest absolute Gasteiger partial charge is 0.379 e. The molecule has 5 fully saturated rings. The topological polar surface area (TPSA) is 73.8 Å². The maximum atomic E-state index is 5.15. The molecule has 0 aromatic carbocycles. The van der Waals surface area contributed by atoms with Crippen molar-refractivity contribution in [1.82, 2.24) is 0 Å². The van der Waals surface area contributed by atoms with E-state index in [-0.39, 0.29) is 12.6 Å². The van der Waals surface area contributed by atoms with Gasteiger partial charge in [0.25, 0.3) is 0 Å². The van der Waals surface area contributed by atoms with Crippen molar-refractivity contribution in [3.05, 3.63) is 0 Å². The summed E-state index contributed by atoms with van der Waals surface area (Å²) in [6.07, 6.45) is 7.60. The maximum Gasteiger partial charge on any atom is 0.155 e. The van der Waals surface area contributed by atoms with E-state index in [9.17, 15) is 0 Å². The molecule has 0 saturated carbocycles. The number of ether oxygens (including phenoxy) is 8. The zero-order valence-electron chi connectivity index (χ0n) is 30.3. The highest BCUT2D eigenvalue weighted by Gasteiger charge is 2.09. The molecule has 3 unspecified atom stereocenters. The molecule has 0 aromatic rings. The molecule has 0 radical (unpaired) electrons. The van der Waals surface area contributed by atoms with Gasteiger partial charge in [0.1, 0.15) is 6.79 Å². The fourth-order valence-corrected chi connectivity index (χ4v) is 2.99. The van der Waals surface area contributed by atoms with E-state index in [0.717, 1.165) is 52.7 Å². The summed E-state index contributed by atoms with van der Waals surface area (Å²) < 4.78 is 40.0. The zero-order valence-corrected chi connectivity index (χ0v) is 30.3. The van der Waals surface area contributed by atoms with Crippen molar-refractivity contribution in [1.29, 1.82) is 0 Å². The predicted molar refractivity (Wildman–Crippen MR) is 175 cm³/mol. The van der Waals surface area contributed by atoms with Crippen molar-refractivity contribution in [2.75, 3.05) is 53.0 Å². The Morgan fingerprint density at radius 1 is 0.366 bits per heavy atom. The van der Waals surface area contributed by atoms with E-state index in [1.165, 1.54) is 25.7 Å². The number of hydrogen-bond donors (Lipinski definition) is 0. The van der Waals surface area contributed by atoms with Gasteiger partial charge in [-0.2, -0.15) is 0 Å². The second kappa shape index (κ2) is 46.6. The van der Waals surface area contributed by atoms with E-state index in [1.807, 2.05) is 90.0 Å². The molecule has 0 aromatic heterocycles. The molecule has 0 amide bonds. The number of hydrogen-bond acceptors (Lipinski definition) is 8. The summed E-state index contributed by atoms with van der Waals surface area (Å²) in [5, 5.41) is 0. The molecule has 5 heterocycles. The van der Waals surface area contributed by atoms with E-state index in [1.54, 1.807) is 0 Å². The smallest absolute Gasteiger partial charge is 0.155 e. The van der Waals surface area contributed by atoms with Crippen LogP contribution in [-0.2, 0) is 37.9 Å². The van der Waals surface area contributed by atoms with Gasteiger partial charge in [-0.1, -0.05) is 69.2 Å². The van der Waals surface area contributed by atoms with Crippen LogP contribution < -0.4 is 0 Å². The van der Waals surface area contributed by atoms with Gasteiger partial charge in [-0.05, 0) is 66.7 Å². The Labute approximate surface area is 257 Å². The van der Waals surface area contributed by atoms with E-state index < -0.39 is 0 Å². The second-order valence-corrected chi connectivity index (χ2v) is 8.09. The Bertz CT molecular complexity index is 315. The van der Waals surface area contributed by atoms with Crippen molar-refractivity contribution < 1.29 is 37.9 Å². The van der Waals surface area contributed by atoms with Gasteiger partial charge >= 0.3 is 0 Å². The van der Waals surface area contributed by atoms with Gasteiger partial charge in [0.15, 0.2) is 12.6 Å². The lowest BCUT2D eigenvalue weighted by atomic mass is 10.3. The van der Waals surface area contributed by atoms with Crippen LogP contribution in [0.3, 0.4) is 0 Å². The van der Waals surface area contributed by atoms with Crippen LogP contribution in [0.5, 0.6) is 0 Å². The molecule has 5 saturated heterocycles. The van der Waals surface area contributed by atoms with Crippen LogP contribution in [0.4, 0.5) is 0 Å². The molecule has 5 aliphatic heterocycles. The monoisotopic (exact) mass is 601 g/mol. The highest BCUT2D eigenvalue weighted by molar-refractivity contribution is 4.57. The third-order valence-corrected chi connectivity index (χ3v) is 4.89. The fraction of sp³-hybridized carbons (Fsp3) is 1.00. The first kappa shape index (κ1) is 50.3. The van der Waals surface area contributed by atoms with E-state index in [0.29, 0.717) is 25.1 Å². The van der Waals surface area contributed by atoms with Crippen LogP contribution >= 0.6 is 0 Å². The maximum absolute atomic E-state index is 5.15. The first-order valence-electron chi connectivity index (χ1n) is 16.9. The summed E-state index contributed by atoms with van der Waals surface area (Å²) in [4.78, 5) is 0. The standard InChI is InChI=1S/C5H10O2.2C5H10O.2C4H8O2.5C2H6/c1-5-6-3-2-4-7-5;2*1-5-3-2-4-6-5;1-4-2-5-3-6-4;1-4-5-2-3-6-4;5*1-2/h5H,2-4H2,1H3;2*5H,2-4H2,1H3;2*4H,2-3H2,1H3;5*1-2H3. The molecular weight excluding hydrogens is 524 g/mol. The molecule has 256 valence electrons. The quantitative estimate of drug-likeness (QED) is 0.273. The predicted octanol–water partition coefficient (Wildman–Crippen LogP) is 9.03. The van der Waals surface area contributed by atoms with Crippen LogP contribution in [0.1, 0.15) is 136 Å². The first-order chi connectivity index (χ1) is 20.0. The fourth-order valence-electron chi connectivity index (χ4n) is 2.99. The summed E-state index contributed by atoms with van der Waals surface area (Å²) in [5.41, 5.74) is 0. The average Bonchev–Trinajstić information content (AvgIpc) is 3.88. The Morgan fingerprint density at radius 3 is 0.829 bits per heavy atom. The lowest BCUT2D eigenvalue weighted by molar-refractivity contribution is -0.167. The first-order valence-corrected chi connectivity index (χ1v) is 16.9. The molecule has 5 aliphatic rings. The van der Waals surface area contributed by atoms with Gasteiger partial charge in [-0.15, -0.1) is 0 Å². The summed E-state index contributed by atoms with van der Waals surface area (Å²) in [7, 11) is 0. The van der Waals surface area contributed by atoms with Crippen molar-refractivity contribution in [3.8, 4) is 0 Å². The molecule has 0 bridgehead atoms. The van der Waals surface area contributed by atoms with Crippen molar-refractivity contribution >= 4 is 0 Å². The highest BCUT2D eigenvalue weighted by atomic mass is 16.7. The number of rotatable bonds is 0. The van der Waals surface area contributed by atoms with Crippen LogP contribution in [0.15, 0.2) is 0 Å². The normalized spacial score (nSPS) is 23.9. The van der Waals surface area contributed by atoms with E-state index in [2.05, 4.69) is 13.8 Å². The van der Waals surface area contributed by atoms with Gasteiger partial charge in [-0.25, -0.2) is 0 Å². The minimum atomic E-state index is 0.0359. The van der Waals surface area contributed by atoms with Gasteiger partial charge in [-0.3, -0.25) is 0 Å². The Balaban J connectivity index is -0.000000122. The van der Waals surface area contributed by atoms with Crippen LogP contribution in [0.2, 0.25) is 0 Å². The molecule has 0 N–H and O–H groups in total. The molecule has 41 heavy (non-hydrogen) atoms. The molecule has 8 heteroatoms. The third-order valence-electron chi connectivity index (χ3n) is 4.89. The zero-order chi connectivity index (χ0) is 32.7. The van der Waals surface area contributed by atoms with Crippen LogP contribution in [0.25, 0.3) is 0 Å². The second-order valence-electron chi connectivity index (χ2n) is 8.09. The highest BCUT2D eigenvalue weighted by Crippen LogP contribution is 2.10. The van der Waals surface area contributed by atoms with Crippen LogP contribution in [0, 0.1) is 0 Å². The molecule has 0 spiro atoms. The lowest BCUT2D eigenvalue weighted by Gasteiger charge is -2.18. The summed E-state index contributed by atoms with van der Waals surface area (Å²) in [5.74, 6) is 0. The van der Waals surface area contributed by atoms with Crippen molar-refractivity contribution in [2.45, 2.75) is 167 Å². The van der Waals surface area contributed by atoms with E-state index >= 15 is 0 Å². The average molecular weight is 601 g/mol. The minimum absolute atomic E-state index is 0.0359. The van der Waals surface area contributed by atoms with Gasteiger partial charge in [0, 0.05) is 13.2 Å². The molecule has 5 rings (SSSR count). The Kier molecular flexibility index (Phi) is 57.2. The lowest BCUT2D eigenvalue weighted by Crippen LogP contribution is -2.21. The summed E-state index contributed by atoms with van der Waals surface area (Å²) >= 11 is 0. The van der Waals surface area contributed by atoms with Gasteiger partial charge in [0.05, 0.1) is 51.3 Å². The molecular formula is C33H76O8. The molecule has 8 nitrogen and oxygen atoms in total. The molecule has 3 atom stereocenters. The molecule has 0 aliphatic carbocycles. The van der Waals surface area contributed by atoms with Crippen LogP contribution in [-0.4, -0.2) is 83.9 Å². The van der Waals surface area contributed by atoms with Crippen molar-refractivity contribution in [2.24, 2.45) is 0 Å².